The minimum atomic E-state index is -0.149. The third-order valence-electron chi connectivity index (χ3n) is 2.46. The highest BCUT2D eigenvalue weighted by Gasteiger charge is 2.19. The van der Waals surface area contributed by atoms with Crippen molar-refractivity contribution in [2.45, 2.75) is 19.4 Å². The molecule has 0 aromatic heterocycles. The Kier molecular flexibility index (Phi) is 2.23. The number of aliphatic hydroxyl groups is 1. The van der Waals surface area contributed by atoms with Crippen LogP contribution in [0, 0.1) is 13.0 Å². The van der Waals surface area contributed by atoms with Crippen LogP contribution in [0.3, 0.4) is 0 Å². The first kappa shape index (κ1) is 8.57. The van der Waals surface area contributed by atoms with Crippen LogP contribution in [0.25, 0.3) is 0 Å². The molecule has 1 aromatic carbocycles. The molecule has 2 rings (SSSR count). The molecule has 13 heavy (non-hydrogen) atoms. The molecule has 1 atom stereocenters. The summed E-state index contributed by atoms with van der Waals surface area (Å²) in [6.07, 6.45) is 0.738. The lowest BCUT2D eigenvalue weighted by molar-refractivity contribution is 0.198. The summed E-state index contributed by atoms with van der Waals surface area (Å²) in [5.74, 6) is 0. The number of nitrogens with zero attached hydrogens (tertiary/aromatic N) is 1. The molecule has 1 aliphatic heterocycles. The molecule has 1 aromatic rings. The van der Waals surface area contributed by atoms with Gasteiger partial charge in [-0.25, -0.2) is 0 Å². The van der Waals surface area contributed by atoms with Gasteiger partial charge in [0.25, 0.3) is 0 Å². The molecule has 0 amide bonds. The molecular weight excluding hydrogens is 162 g/mol. The molecule has 1 heterocycles. The summed E-state index contributed by atoms with van der Waals surface area (Å²) in [4.78, 5) is 2.21. The molecule has 1 aliphatic rings. The summed E-state index contributed by atoms with van der Waals surface area (Å²) in [7, 11) is 0. The van der Waals surface area contributed by atoms with E-state index in [-0.39, 0.29) is 6.10 Å². The second-order valence-electron chi connectivity index (χ2n) is 3.62. The van der Waals surface area contributed by atoms with E-state index in [0.29, 0.717) is 0 Å². The van der Waals surface area contributed by atoms with E-state index in [9.17, 15) is 5.11 Å². The molecule has 1 radical (unpaired) electrons. The van der Waals surface area contributed by atoms with Gasteiger partial charge in [-0.2, -0.15) is 0 Å². The number of hydrogen-bond donors (Lipinski definition) is 1. The maximum Gasteiger partial charge on any atom is 0.0731 e. The van der Waals surface area contributed by atoms with Crippen LogP contribution in [0.5, 0.6) is 0 Å². The number of rotatable bonds is 1. The third kappa shape index (κ3) is 1.83. The number of aryl methyl sites for hydroxylation is 1. The molecule has 2 nitrogen and oxygen atoms in total. The fourth-order valence-corrected chi connectivity index (χ4v) is 1.74. The molecule has 1 unspecified atom stereocenters. The lowest BCUT2D eigenvalue weighted by Gasteiger charge is -2.17. The predicted octanol–water partition coefficient (Wildman–Crippen LogP) is 1.37. The zero-order chi connectivity index (χ0) is 9.26. The van der Waals surface area contributed by atoms with Crippen molar-refractivity contribution in [2.75, 3.05) is 18.0 Å². The largest absolute Gasteiger partial charge is 0.391 e. The number of aliphatic hydroxyl groups excluding tert-OH is 1. The topological polar surface area (TPSA) is 23.5 Å². The van der Waals surface area contributed by atoms with Crippen LogP contribution in [-0.4, -0.2) is 24.3 Å². The van der Waals surface area contributed by atoms with Gasteiger partial charge in [-0.05, 0) is 37.1 Å². The van der Waals surface area contributed by atoms with Crippen LogP contribution in [0.1, 0.15) is 12.0 Å². The second kappa shape index (κ2) is 3.38. The predicted molar refractivity (Wildman–Crippen MR) is 52.9 cm³/mol. The highest BCUT2D eigenvalue weighted by Crippen LogP contribution is 2.20. The molecular formula is C11H14NO. The molecule has 1 saturated heterocycles. The number of hydrogen-bond acceptors (Lipinski definition) is 2. The fraction of sp³-hybridized carbons (Fsp3) is 0.455. The maximum atomic E-state index is 9.38. The number of β-amino-alcohol motifs (C(OH)–C–C–N with tert-alkyl or cyclic N) is 1. The van der Waals surface area contributed by atoms with E-state index in [0.717, 1.165) is 25.1 Å². The molecule has 1 fully saturated rings. The van der Waals surface area contributed by atoms with E-state index in [2.05, 4.69) is 17.0 Å². The maximum absolute atomic E-state index is 9.38. The Labute approximate surface area is 78.8 Å². The Bertz CT molecular complexity index is 298. The van der Waals surface area contributed by atoms with Gasteiger partial charge in [-0.1, -0.05) is 6.07 Å². The van der Waals surface area contributed by atoms with Gasteiger partial charge >= 0.3 is 0 Å². The normalized spacial score (nSPS) is 22.3. The van der Waals surface area contributed by atoms with Crippen LogP contribution in [0.15, 0.2) is 18.2 Å². The van der Waals surface area contributed by atoms with E-state index in [1.54, 1.807) is 0 Å². The first-order valence-electron chi connectivity index (χ1n) is 4.67. The second-order valence-corrected chi connectivity index (χ2v) is 3.62. The lowest BCUT2D eigenvalue weighted by atomic mass is 10.2. The summed E-state index contributed by atoms with van der Waals surface area (Å²) < 4.78 is 0. The van der Waals surface area contributed by atoms with Gasteiger partial charge in [-0.15, -0.1) is 0 Å². The van der Waals surface area contributed by atoms with Crippen molar-refractivity contribution >= 4 is 5.69 Å². The highest BCUT2D eigenvalue weighted by atomic mass is 16.3. The van der Waals surface area contributed by atoms with Crippen LogP contribution < -0.4 is 4.90 Å². The third-order valence-corrected chi connectivity index (χ3v) is 2.46. The first-order valence-corrected chi connectivity index (χ1v) is 4.67. The van der Waals surface area contributed by atoms with E-state index in [1.807, 2.05) is 19.1 Å². The zero-order valence-corrected chi connectivity index (χ0v) is 7.83. The molecule has 0 aliphatic carbocycles. The van der Waals surface area contributed by atoms with Crippen molar-refractivity contribution in [2.24, 2.45) is 0 Å². The van der Waals surface area contributed by atoms with Crippen LogP contribution in [-0.2, 0) is 0 Å². The van der Waals surface area contributed by atoms with Gasteiger partial charge in [0.15, 0.2) is 0 Å². The molecule has 2 heteroatoms. The van der Waals surface area contributed by atoms with E-state index in [1.165, 1.54) is 5.69 Å². The zero-order valence-electron chi connectivity index (χ0n) is 7.83. The van der Waals surface area contributed by atoms with E-state index < -0.39 is 0 Å². The molecule has 1 N–H and O–H groups in total. The quantitative estimate of drug-likeness (QED) is 0.698. The van der Waals surface area contributed by atoms with Gasteiger partial charge in [0.2, 0.25) is 0 Å². The lowest BCUT2D eigenvalue weighted by Crippen LogP contribution is -2.20. The van der Waals surface area contributed by atoms with Gasteiger partial charge in [0, 0.05) is 18.8 Å². The number of anilines is 1. The Morgan fingerprint density at radius 3 is 3.08 bits per heavy atom. The van der Waals surface area contributed by atoms with Crippen molar-refractivity contribution in [3.05, 3.63) is 29.8 Å². The minimum Gasteiger partial charge on any atom is -0.391 e. The Balaban J connectivity index is 2.16. The van der Waals surface area contributed by atoms with Crippen molar-refractivity contribution in [3.63, 3.8) is 0 Å². The smallest absolute Gasteiger partial charge is 0.0731 e. The minimum absolute atomic E-state index is 0.149. The molecule has 0 bridgehead atoms. The first-order chi connectivity index (χ1) is 6.25. The fourth-order valence-electron chi connectivity index (χ4n) is 1.74. The van der Waals surface area contributed by atoms with Crippen molar-refractivity contribution in [1.82, 2.24) is 0 Å². The van der Waals surface area contributed by atoms with Gasteiger partial charge < -0.3 is 10.0 Å². The SMILES string of the molecule is Cc1[c]ccc(N2CCC(O)C2)c1. The van der Waals surface area contributed by atoms with Crippen molar-refractivity contribution in [3.8, 4) is 0 Å². The average Bonchev–Trinajstić information content (AvgIpc) is 2.52. The van der Waals surface area contributed by atoms with Crippen molar-refractivity contribution in [1.29, 1.82) is 0 Å². The van der Waals surface area contributed by atoms with E-state index >= 15 is 0 Å². The Hall–Kier alpha value is -1.02. The summed E-state index contributed by atoms with van der Waals surface area (Å²) in [5, 5.41) is 9.38. The summed E-state index contributed by atoms with van der Waals surface area (Å²) in [6, 6.07) is 9.21. The van der Waals surface area contributed by atoms with Crippen LogP contribution in [0.2, 0.25) is 0 Å². The average molecular weight is 176 g/mol. The van der Waals surface area contributed by atoms with Crippen LogP contribution in [0.4, 0.5) is 5.69 Å². The van der Waals surface area contributed by atoms with Crippen LogP contribution >= 0.6 is 0 Å². The van der Waals surface area contributed by atoms with E-state index in [4.69, 9.17) is 0 Å². The Morgan fingerprint density at radius 2 is 2.46 bits per heavy atom. The summed E-state index contributed by atoms with van der Waals surface area (Å²) in [6.45, 7) is 3.77. The standard InChI is InChI=1S/C11H14NO/c1-9-3-2-4-10(7-9)12-6-5-11(13)8-12/h2,4,7,11,13H,5-6,8H2,1H3. The summed E-state index contributed by atoms with van der Waals surface area (Å²) >= 11 is 0. The van der Waals surface area contributed by atoms with Gasteiger partial charge in [0.1, 0.15) is 0 Å². The Morgan fingerprint density at radius 1 is 1.62 bits per heavy atom. The molecule has 0 spiro atoms. The van der Waals surface area contributed by atoms with Gasteiger partial charge in [-0.3, -0.25) is 0 Å². The number of benzene rings is 1. The molecule has 69 valence electrons. The summed E-state index contributed by atoms with van der Waals surface area (Å²) in [5.41, 5.74) is 2.35. The molecule has 0 saturated carbocycles. The highest BCUT2D eigenvalue weighted by molar-refractivity contribution is 5.49. The van der Waals surface area contributed by atoms with Crippen molar-refractivity contribution < 1.29 is 5.11 Å². The monoisotopic (exact) mass is 176 g/mol. The van der Waals surface area contributed by atoms with Gasteiger partial charge in [0.05, 0.1) is 6.10 Å².